The number of aliphatic hydroxyl groups is 1. The molecule has 2 atom stereocenters. The summed E-state index contributed by atoms with van der Waals surface area (Å²) in [5.74, 6) is 0.746. The summed E-state index contributed by atoms with van der Waals surface area (Å²) < 4.78 is 11.4. The number of nitrogens with one attached hydrogen (secondary N) is 1. The predicted molar refractivity (Wildman–Crippen MR) is 96.6 cm³/mol. The van der Waals surface area contributed by atoms with Crippen LogP contribution in [0.25, 0.3) is 10.1 Å². The molecule has 2 aromatic carbocycles. The summed E-state index contributed by atoms with van der Waals surface area (Å²) in [7, 11) is 1.81. The Morgan fingerprint density at radius 3 is 2.70 bits per heavy atom. The molecule has 4 nitrogen and oxygen atoms in total. The van der Waals surface area contributed by atoms with Crippen molar-refractivity contribution in [1.29, 1.82) is 0 Å². The van der Waals surface area contributed by atoms with Gasteiger partial charge >= 0.3 is 0 Å². The lowest BCUT2D eigenvalue weighted by Crippen LogP contribution is -2.32. The van der Waals surface area contributed by atoms with E-state index < -0.39 is 12.2 Å². The Morgan fingerprint density at radius 1 is 1.17 bits per heavy atom. The molecule has 3 aromatic rings. The number of rotatable bonds is 6. The van der Waals surface area contributed by atoms with Crippen molar-refractivity contribution in [2.24, 2.45) is 0 Å². The van der Waals surface area contributed by atoms with Crippen LogP contribution in [0.1, 0.15) is 11.7 Å². The summed E-state index contributed by atoms with van der Waals surface area (Å²) in [6.07, 6.45) is 0.732. The third-order valence-corrected chi connectivity index (χ3v) is 4.27. The molecule has 0 fully saturated rings. The molecular formula is C17H19ClN2O2S. The smallest absolute Gasteiger partial charge is 0.151 e. The number of halogens is 1. The van der Waals surface area contributed by atoms with Crippen LogP contribution in [0.2, 0.25) is 0 Å². The van der Waals surface area contributed by atoms with E-state index in [0.29, 0.717) is 6.54 Å². The number of nitrogens with zero attached hydrogens (tertiary/aromatic N) is 1. The van der Waals surface area contributed by atoms with E-state index in [4.69, 9.17) is 4.74 Å². The second kappa shape index (κ2) is 8.26. The number of likely N-dealkylation sites (N-methyl/N-ethyl adjacent to an activating group) is 1. The van der Waals surface area contributed by atoms with Gasteiger partial charge in [0.25, 0.3) is 0 Å². The summed E-state index contributed by atoms with van der Waals surface area (Å²) in [5.41, 5.74) is 0.949. The zero-order valence-electron chi connectivity index (χ0n) is 12.7. The van der Waals surface area contributed by atoms with E-state index in [0.717, 1.165) is 21.4 Å². The van der Waals surface area contributed by atoms with Gasteiger partial charge in [0.15, 0.2) is 6.10 Å². The maximum absolute atomic E-state index is 10.4. The number of ether oxygens (including phenoxy) is 1. The van der Waals surface area contributed by atoms with E-state index in [9.17, 15) is 5.11 Å². The van der Waals surface area contributed by atoms with Crippen molar-refractivity contribution < 1.29 is 9.84 Å². The number of benzene rings is 2. The lowest BCUT2D eigenvalue weighted by atomic mass is 10.0. The molecule has 3 rings (SSSR count). The molecule has 1 aromatic heterocycles. The number of hydrogen-bond donors (Lipinski definition) is 2. The van der Waals surface area contributed by atoms with Crippen molar-refractivity contribution in [2.45, 2.75) is 12.2 Å². The molecule has 122 valence electrons. The number of fused-ring (bicyclic) bond motifs is 1. The molecule has 23 heavy (non-hydrogen) atoms. The first kappa shape index (κ1) is 17.7. The monoisotopic (exact) mass is 350 g/mol. The molecule has 0 aliphatic carbocycles. The van der Waals surface area contributed by atoms with Crippen molar-refractivity contribution in [1.82, 2.24) is 9.69 Å². The molecule has 6 heteroatoms. The van der Waals surface area contributed by atoms with E-state index in [2.05, 4.69) is 9.69 Å². The standard InChI is InChI=1S/C17H18N2O2S.ClH/c1-18-11-14(20)17(12-6-3-2-4-7-12)21-15-8-5-9-16-13(15)10-19-22-16;/h2-10,14,17-18,20H,11H2,1H3;1H/t14-,17+;/m0./s1. The summed E-state index contributed by atoms with van der Waals surface area (Å²) in [4.78, 5) is 0. The van der Waals surface area contributed by atoms with Crippen LogP contribution in [0.3, 0.4) is 0 Å². The van der Waals surface area contributed by atoms with Crippen molar-refractivity contribution >= 4 is 34.0 Å². The second-order valence-corrected chi connectivity index (χ2v) is 5.90. The quantitative estimate of drug-likeness (QED) is 0.715. The van der Waals surface area contributed by atoms with Crippen LogP contribution >= 0.6 is 23.9 Å². The van der Waals surface area contributed by atoms with E-state index in [1.807, 2.05) is 61.8 Å². The van der Waals surface area contributed by atoms with Crippen molar-refractivity contribution in [3.63, 3.8) is 0 Å². The van der Waals surface area contributed by atoms with E-state index in [1.54, 1.807) is 0 Å². The lowest BCUT2D eigenvalue weighted by molar-refractivity contribution is 0.0379. The fourth-order valence-electron chi connectivity index (χ4n) is 2.43. The highest BCUT2D eigenvalue weighted by atomic mass is 35.5. The van der Waals surface area contributed by atoms with Gasteiger partial charge in [-0.05, 0) is 36.3 Å². The number of aromatic nitrogens is 1. The summed E-state index contributed by atoms with van der Waals surface area (Å²) in [5, 5.41) is 14.4. The third-order valence-electron chi connectivity index (χ3n) is 3.50. The highest BCUT2D eigenvalue weighted by molar-refractivity contribution is 7.13. The topological polar surface area (TPSA) is 54.4 Å². The Kier molecular flexibility index (Phi) is 6.36. The first-order valence-corrected chi connectivity index (χ1v) is 7.94. The first-order chi connectivity index (χ1) is 10.8. The van der Waals surface area contributed by atoms with Gasteiger partial charge in [-0.15, -0.1) is 12.4 Å². The van der Waals surface area contributed by atoms with Crippen molar-refractivity contribution in [3.8, 4) is 5.75 Å². The van der Waals surface area contributed by atoms with Crippen LogP contribution < -0.4 is 10.1 Å². The predicted octanol–water partition coefficient (Wildman–Crippen LogP) is 3.42. The maximum atomic E-state index is 10.4. The van der Waals surface area contributed by atoms with Crippen LogP contribution in [-0.4, -0.2) is 29.2 Å². The molecule has 0 unspecified atom stereocenters. The van der Waals surface area contributed by atoms with Crippen molar-refractivity contribution in [2.75, 3.05) is 13.6 Å². The fourth-order valence-corrected chi connectivity index (χ4v) is 3.10. The summed E-state index contributed by atoms with van der Waals surface area (Å²) in [6, 6.07) is 15.7. The molecule has 0 aliphatic heterocycles. The minimum atomic E-state index is -0.644. The molecule has 0 saturated heterocycles. The number of aliphatic hydroxyl groups excluding tert-OH is 1. The highest BCUT2D eigenvalue weighted by Crippen LogP contribution is 2.32. The van der Waals surface area contributed by atoms with Gasteiger partial charge in [-0.3, -0.25) is 0 Å². The van der Waals surface area contributed by atoms with Crippen LogP contribution in [0.4, 0.5) is 0 Å². The Balaban J connectivity index is 0.00000192. The van der Waals surface area contributed by atoms with Gasteiger partial charge < -0.3 is 15.2 Å². The molecule has 0 radical (unpaired) electrons. The first-order valence-electron chi connectivity index (χ1n) is 7.17. The minimum absolute atomic E-state index is 0. The van der Waals surface area contributed by atoms with Crippen LogP contribution in [0.5, 0.6) is 5.75 Å². The number of hydrogen-bond acceptors (Lipinski definition) is 5. The van der Waals surface area contributed by atoms with Crippen LogP contribution in [0.15, 0.2) is 54.7 Å². The summed E-state index contributed by atoms with van der Waals surface area (Å²) >= 11 is 1.44. The van der Waals surface area contributed by atoms with Gasteiger partial charge in [-0.2, -0.15) is 4.37 Å². The van der Waals surface area contributed by atoms with E-state index in [-0.39, 0.29) is 12.4 Å². The maximum Gasteiger partial charge on any atom is 0.151 e. The van der Waals surface area contributed by atoms with Gasteiger partial charge in [0.05, 0.1) is 16.3 Å². The molecule has 1 heterocycles. The van der Waals surface area contributed by atoms with Gasteiger partial charge in [0.2, 0.25) is 0 Å². The summed E-state index contributed by atoms with van der Waals surface area (Å²) in [6.45, 7) is 0.456. The third kappa shape index (κ3) is 4.00. The molecule has 0 aliphatic rings. The SMILES string of the molecule is CNC[C@H](O)[C@H](Oc1cccc2sncc12)c1ccccc1.Cl. The largest absolute Gasteiger partial charge is 0.482 e. The molecule has 0 spiro atoms. The second-order valence-electron chi connectivity index (χ2n) is 5.07. The average molecular weight is 351 g/mol. The zero-order chi connectivity index (χ0) is 15.4. The van der Waals surface area contributed by atoms with Gasteiger partial charge in [-0.25, -0.2) is 0 Å². The molecule has 2 N–H and O–H groups in total. The molecule has 0 amide bonds. The Morgan fingerprint density at radius 2 is 1.96 bits per heavy atom. The van der Waals surface area contributed by atoms with Crippen molar-refractivity contribution in [3.05, 3.63) is 60.3 Å². The zero-order valence-corrected chi connectivity index (χ0v) is 14.3. The van der Waals surface area contributed by atoms with E-state index >= 15 is 0 Å². The van der Waals surface area contributed by atoms with E-state index in [1.165, 1.54) is 11.5 Å². The highest BCUT2D eigenvalue weighted by Gasteiger charge is 2.23. The van der Waals surface area contributed by atoms with Gasteiger partial charge in [0.1, 0.15) is 11.9 Å². The normalized spacial score (nSPS) is 13.3. The molecule has 0 saturated carbocycles. The molecular weight excluding hydrogens is 332 g/mol. The fraction of sp³-hybridized carbons (Fsp3) is 0.235. The Hall–Kier alpha value is -1.66. The average Bonchev–Trinajstić information content (AvgIpc) is 3.03. The lowest BCUT2D eigenvalue weighted by Gasteiger charge is -2.25. The Labute approximate surface area is 145 Å². The molecule has 0 bridgehead atoms. The van der Waals surface area contributed by atoms with Gasteiger partial charge in [-0.1, -0.05) is 36.4 Å². The van der Waals surface area contributed by atoms with Gasteiger partial charge in [0, 0.05) is 6.54 Å². The Bertz CT molecular complexity index is 736. The minimum Gasteiger partial charge on any atom is -0.482 e. The van der Waals surface area contributed by atoms with Crippen LogP contribution in [0, 0.1) is 0 Å². The van der Waals surface area contributed by atoms with Crippen LogP contribution in [-0.2, 0) is 0 Å².